The number of aryl methyl sites for hydroxylation is 1. The van der Waals surface area contributed by atoms with Gasteiger partial charge < -0.3 is 14.4 Å². The van der Waals surface area contributed by atoms with E-state index in [1.54, 1.807) is 12.1 Å². The summed E-state index contributed by atoms with van der Waals surface area (Å²) >= 11 is 0. The van der Waals surface area contributed by atoms with Crippen LogP contribution in [0.1, 0.15) is 24.5 Å². The maximum atomic E-state index is 11.7. The number of aromatic hydroxyl groups is 1. The molecule has 0 spiro atoms. The van der Waals surface area contributed by atoms with Gasteiger partial charge in [0.15, 0.2) is 5.58 Å². The molecule has 0 amide bonds. The molecule has 1 aromatic heterocycles. The van der Waals surface area contributed by atoms with Crippen LogP contribution in [0.5, 0.6) is 5.75 Å². The average Bonchev–Trinajstić information content (AvgIpc) is 2.33. The molecule has 0 aliphatic rings. The van der Waals surface area contributed by atoms with Crippen molar-refractivity contribution in [3.05, 3.63) is 39.7 Å². The van der Waals surface area contributed by atoms with Crippen LogP contribution in [-0.2, 0) is 13.0 Å². The molecule has 0 fully saturated rings. The van der Waals surface area contributed by atoms with Gasteiger partial charge in [0.1, 0.15) is 12.3 Å². The van der Waals surface area contributed by atoms with E-state index < -0.39 is 0 Å². The maximum absolute atomic E-state index is 11.7. The summed E-state index contributed by atoms with van der Waals surface area (Å²) in [4.78, 5) is 12.8. The highest BCUT2D eigenvalue weighted by atomic mass is 16.4. The van der Waals surface area contributed by atoms with E-state index in [2.05, 4.69) is 6.92 Å². The number of fused-ring (bicyclic) bond motifs is 1. The third kappa shape index (κ3) is 2.79. The number of hydrogen-bond donors (Lipinski definition) is 2. The Morgan fingerprint density at radius 1 is 1.32 bits per heavy atom. The molecule has 102 valence electrons. The van der Waals surface area contributed by atoms with Gasteiger partial charge in [-0.1, -0.05) is 13.3 Å². The summed E-state index contributed by atoms with van der Waals surface area (Å²) in [5.74, 6) is 0.186. The van der Waals surface area contributed by atoms with Gasteiger partial charge in [0.2, 0.25) is 0 Å². The van der Waals surface area contributed by atoms with Crippen molar-refractivity contribution in [2.75, 3.05) is 14.1 Å². The van der Waals surface area contributed by atoms with Crippen molar-refractivity contribution in [2.45, 2.75) is 26.3 Å². The monoisotopic (exact) mass is 262 g/mol. The van der Waals surface area contributed by atoms with Crippen molar-refractivity contribution in [1.82, 2.24) is 0 Å². The van der Waals surface area contributed by atoms with Gasteiger partial charge in [-0.2, -0.15) is 0 Å². The Labute approximate surface area is 112 Å². The second-order valence-corrected chi connectivity index (χ2v) is 5.16. The Kier molecular flexibility index (Phi) is 3.90. The molecule has 1 aromatic carbocycles. The Balaban J connectivity index is 2.73. The number of benzene rings is 1. The number of rotatable bonds is 4. The van der Waals surface area contributed by atoms with Gasteiger partial charge >= 0.3 is 5.63 Å². The molecule has 0 radical (unpaired) electrons. The minimum Gasteiger partial charge on any atom is -0.507 e. The van der Waals surface area contributed by atoms with Gasteiger partial charge in [-0.3, -0.25) is 0 Å². The largest absolute Gasteiger partial charge is 0.507 e. The second kappa shape index (κ2) is 5.45. The van der Waals surface area contributed by atoms with E-state index in [-0.39, 0.29) is 11.4 Å². The molecular formula is C15H20NO3+. The molecule has 4 heteroatoms. The number of quaternary nitrogens is 1. The highest BCUT2D eigenvalue weighted by Gasteiger charge is 2.15. The van der Waals surface area contributed by atoms with E-state index in [0.29, 0.717) is 17.7 Å². The predicted octanol–water partition coefficient (Wildman–Crippen LogP) is 1.10. The zero-order valence-corrected chi connectivity index (χ0v) is 11.6. The van der Waals surface area contributed by atoms with Crippen LogP contribution in [-0.4, -0.2) is 19.2 Å². The minimum atomic E-state index is -0.350. The van der Waals surface area contributed by atoms with E-state index in [4.69, 9.17) is 4.42 Å². The third-order valence-corrected chi connectivity index (χ3v) is 3.13. The summed E-state index contributed by atoms with van der Waals surface area (Å²) in [6, 6.07) is 5.06. The predicted molar refractivity (Wildman–Crippen MR) is 74.7 cm³/mol. The molecule has 1 heterocycles. The van der Waals surface area contributed by atoms with Crippen molar-refractivity contribution in [1.29, 1.82) is 0 Å². The minimum absolute atomic E-state index is 0.186. The molecular weight excluding hydrogens is 242 g/mol. The fourth-order valence-electron chi connectivity index (χ4n) is 2.34. The smallest absolute Gasteiger partial charge is 0.336 e. The standard InChI is InChI=1S/C15H19NO3/c1-4-5-10-8-14(18)19-15-11(10)6-7-13(17)12(15)9-16(2)3/h6-8,17H,4-5,9H2,1-3H3/p+1. The van der Waals surface area contributed by atoms with Crippen LogP contribution < -0.4 is 10.5 Å². The molecule has 4 nitrogen and oxygen atoms in total. The van der Waals surface area contributed by atoms with E-state index in [9.17, 15) is 9.90 Å². The van der Waals surface area contributed by atoms with Gasteiger partial charge in [-0.05, 0) is 24.1 Å². The molecule has 2 rings (SSSR count). The number of phenolic OH excluding ortho intramolecular Hbond substituents is 1. The summed E-state index contributed by atoms with van der Waals surface area (Å²) in [7, 11) is 3.98. The lowest BCUT2D eigenvalue weighted by Gasteiger charge is -2.12. The zero-order chi connectivity index (χ0) is 14.0. The molecule has 19 heavy (non-hydrogen) atoms. The fourth-order valence-corrected chi connectivity index (χ4v) is 2.34. The number of nitrogens with one attached hydrogen (secondary N) is 1. The summed E-state index contributed by atoms with van der Waals surface area (Å²) < 4.78 is 5.33. The summed E-state index contributed by atoms with van der Waals surface area (Å²) in [6.07, 6.45) is 1.80. The summed E-state index contributed by atoms with van der Waals surface area (Å²) in [6.45, 7) is 2.69. The molecule has 2 aromatic rings. The second-order valence-electron chi connectivity index (χ2n) is 5.16. The molecule has 0 aliphatic carbocycles. The topological polar surface area (TPSA) is 54.9 Å². The van der Waals surface area contributed by atoms with Crippen LogP contribution in [0, 0.1) is 0 Å². The lowest BCUT2D eigenvalue weighted by Crippen LogP contribution is -3.04. The lowest BCUT2D eigenvalue weighted by molar-refractivity contribution is -0.872. The van der Waals surface area contributed by atoms with E-state index in [1.807, 2.05) is 20.2 Å². The summed E-state index contributed by atoms with van der Waals surface area (Å²) in [5, 5.41) is 10.9. The first kappa shape index (κ1) is 13.6. The average molecular weight is 262 g/mol. The van der Waals surface area contributed by atoms with Crippen LogP contribution >= 0.6 is 0 Å². The molecule has 0 unspecified atom stereocenters. The van der Waals surface area contributed by atoms with Gasteiger partial charge in [0.05, 0.1) is 19.7 Å². The van der Waals surface area contributed by atoms with Crippen molar-refractivity contribution in [3.8, 4) is 5.75 Å². The first-order valence-corrected chi connectivity index (χ1v) is 6.59. The van der Waals surface area contributed by atoms with Crippen LogP contribution in [0.25, 0.3) is 11.0 Å². The van der Waals surface area contributed by atoms with Crippen LogP contribution in [0.4, 0.5) is 0 Å². The molecule has 2 N–H and O–H groups in total. The van der Waals surface area contributed by atoms with E-state index in [0.717, 1.165) is 28.7 Å². The Morgan fingerprint density at radius 2 is 2.05 bits per heavy atom. The quantitative estimate of drug-likeness (QED) is 0.811. The molecule has 0 bridgehead atoms. The Morgan fingerprint density at radius 3 is 2.68 bits per heavy atom. The highest BCUT2D eigenvalue weighted by molar-refractivity contribution is 5.85. The maximum Gasteiger partial charge on any atom is 0.336 e. The van der Waals surface area contributed by atoms with Gasteiger partial charge in [-0.15, -0.1) is 0 Å². The SMILES string of the molecule is CCCc1cc(=O)oc2c(C[NH+](C)C)c(O)ccc12. The van der Waals surface area contributed by atoms with Crippen LogP contribution in [0.3, 0.4) is 0 Å². The molecule has 0 saturated heterocycles. The first-order valence-electron chi connectivity index (χ1n) is 6.59. The Hall–Kier alpha value is -1.81. The normalized spacial score (nSPS) is 11.4. The van der Waals surface area contributed by atoms with Crippen LogP contribution in [0.15, 0.2) is 27.4 Å². The molecule has 0 atom stereocenters. The van der Waals surface area contributed by atoms with Crippen LogP contribution in [0.2, 0.25) is 0 Å². The van der Waals surface area contributed by atoms with Crippen molar-refractivity contribution >= 4 is 11.0 Å². The first-order chi connectivity index (χ1) is 9.02. The van der Waals surface area contributed by atoms with Gasteiger partial charge in [-0.25, -0.2) is 4.79 Å². The third-order valence-electron chi connectivity index (χ3n) is 3.13. The fraction of sp³-hybridized carbons (Fsp3) is 0.400. The zero-order valence-electron chi connectivity index (χ0n) is 11.6. The van der Waals surface area contributed by atoms with E-state index >= 15 is 0 Å². The summed E-state index contributed by atoms with van der Waals surface area (Å²) in [5.41, 5.74) is 1.87. The van der Waals surface area contributed by atoms with Gasteiger partial charge in [0.25, 0.3) is 0 Å². The van der Waals surface area contributed by atoms with Crippen molar-refractivity contribution in [2.24, 2.45) is 0 Å². The van der Waals surface area contributed by atoms with Crippen molar-refractivity contribution < 1.29 is 14.4 Å². The number of hydrogen-bond acceptors (Lipinski definition) is 3. The van der Waals surface area contributed by atoms with Crippen molar-refractivity contribution in [3.63, 3.8) is 0 Å². The Bertz CT molecular complexity index is 644. The highest BCUT2D eigenvalue weighted by Crippen LogP contribution is 2.28. The molecule has 0 aliphatic heterocycles. The van der Waals surface area contributed by atoms with E-state index in [1.165, 1.54) is 0 Å². The molecule has 0 saturated carbocycles. The lowest BCUT2D eigenvalue weighted by atomic mass is 10.0. The van der Waals surface area contributed by atoms with Gasteiger partial charge in [0, 0.05) is 11.5 Å². The number of phenols is 1.